The molecule has 184 valence electrons. The van der Waals surface area contributed by atoms with Crippen molar-refractivity contribution in [3.05, 3.63) is 94.3 Å². The van der Waals surface area contributed by atoms with Gasteiger partial charge in [-0.25, -0.2) is 9.18 Å². The first-order valence-corrected chi connectivity index (χ1v) is 12.4. The second-order valence-corrected chi connectivity index (χ2v) is 10.1. The van der Waals surface area contributed by atoms with Crippen LogP contribution in [0.3, 0.4) is 0 Å². The Hall–Kier alpha value is -3.91. The molecular weight excluding hydrogens is 457 g/mol. The molecule has 4 heterocycles. The maximum Gasteiger partial charge on any atom is 0.323 e. The molecular formula is C28H29FN5O2+. The third-order valence-corrected chi connectivity index (χ3v) is 7.55. The van der Waals surface area contributed by atoms with E-state index in [1.165, 1.54) is 34.7 Å². The Balaban J connectivity index is 1.19. The Labute approximate surface area is 208 Å². The highest BCUT2D eigenvalue weighted by atomic mass is 19.1. The Morgan fingerprint density at radius 3 is 2.81 bits per heavy atom. The molecule has 2 bridgehead atoms. The minimum Gasteiger partial charge on any atom is -0.350 e. The molecule has 3 N–H and O–H groups in total. The number of amides is 2. The molecule has 0 aliphatic carbocycles. The first-order chi connectivity index (χ1) is 17.4. The lowest BCUT2D eigenvalue weighted by Gasteiger charge is -2.40. The van der Waals surface area contributed by atoms with Gasteiger partial charge >= 0.3 is 6.03 Å². The van der Waals surface area contributed by atoms with Gasteiger partial charge in [0.05, 0.1) is 13.1 Å². The summed E-state index contributed by atoms with van der Waals surface area (Å²) in [6, 6.07) is 17.3. The number of nitrogens with one attached hydrogen (secondary N) is 3. The van der Waals surface area contributed by atoms with Crippen LogP contribution in [0.1, 0.15) is 23.6 Å². The van der Waals surface area contributed by atoms with Gasteiger partial charge in [-0.3, -0.25) is 4.79 Å². The van der Waals surface area contributed by atoms with Crippen molar-refractivity contribution in [1.82, 2.24) is 9.13 Å². The molecule has 2 aromatic heterocycles. The van der Waals surface area contributed by atoms with Crippen LogP contribution in [-0.4, -0.2) is 28.3 Å². The Morgan fingerprint density at radius 1 is 1.08 bits per heavy atom. The third kappa shape index (κ3) is 4.18. The van der Waals surface area contributed by atoms with Crippen molar-refractivity contribution in [3.63, 3.8) is 0 Å². The van der Waals surface area contributed by atoms with Crippen molar-refractivity contribution in [1.29, 1.82) is 0 Å². The molecule has 1 unspecified atom stereocenters. The van der Waals surface area contributed by atoms with Crippen LogP contribution in [0.4, 0.5) is 20.6 Å². The number of anilines is 2. The van der Waals surface area contributed by atoms with Crippen LogP contribution in [0, 0.1) is 11.7 Å². The van der Waals surface area contributed by atoms with E-state index in [0.29, 0.717) is 24.1 Å². The summed E-state index contributed by atoms with van der Waals surface area (Å²) in [5.41, 5.74) is 4.03. The molecule has 1 fully saturated rings. The van der Waals surface area contributed by atoms with Crippen molar-refractivity contribution < 1.29 is 14.1 Å². The third-order valence-electron chi connectivity index (χ3n) is 7.55. The molecule has 3 atom stereocenters. The van der Waals surface area contributed by atoms with E-state index in [9.17, 15) is 14.0 Å². The topological polar surface area (TPSA) is 72.5 Å². The summed E-state index contributed by atoms with van der Waals surface area (Å²) in [7, 11) is 2.10. The molecule has 36 heavy (non-hydrogen) atoms. The number of hydrogen-bond acceptors (Lipinski definition) is 2. The Morgan fingerprint density at radius 2 is 1.94 bits per heavy atom. The zero-order valence-electron chi connectivity index (χ0n) is 20.1. The van der Waals surface area contributed by atoms with E-state index in [1.807, 2.05) is 10.6 Å². The second kappa shape index (κ2) is 8.95. The smallest absolute Gasteiger partial charge is 0.323 e. The van der Waals surface area contributed by atoms with Crippen LogP contribution < -0.4 is 21.1 Å². The number of aromatic nitrogens is 2. The first kappa shape index (κ1) is 22.5. The summed E-state index contributed by atoms with van der Waals surface area (Å²) >= 11 is 0. The van der Waals surface area contributed by atoms with Gasteiger partial charge in [0.2, 0.25) is 0 Å². The van der Waals surface area contributed by atoms with Gasteiger partial charge in [-0.2, -0.15) is 0 Å². The zero-order valence-corrected chi connectivity index (χ0v) is 20.1. The maximum absolute atomic E-state index is 13.4. The summed E-state index contributed by atoms with van der Waals surface area (Å²) in [6.45, 7) is 3.62. The number of carbonyl (C=O) groups is 1. The number of halogens is 1. The predicted octanol–water partition coefficient (Wildman–Crippen LogP) is 3.33. The number of urea groups is 1. The number of hydrogen-bond donors (Lipinski definition) is 3. The lowest BCUT2D eigenvalue weighted by molar-refractivity contribution is -0.924. The van der Waals surface area contributed by atoms with Gasteiger partial charge in [0, 0.05) is 59.5 Å². The zero-order chi connectivity index (χ0) is 24.8. The Bertz CT molecular complexity index is 1520. The van der Waals surface area contributed by atoms with Crippen LogP contribution >= 0.6 is 0 Å². The number of aryl methyl sites for hydroxylation is 1. The predicted molar refractivity (Wildman–Crippen MR) is 138 cm³/mol. The molecule has 2 aromatic carbocycles. The second-order valence-electron chi connectivity index (χ2n) is 10.1. The summed E-state index contributed by atoms with van der Waals surface area (Å²) < 4.78 is 17.4. The largest absolute Gasteiger partial charge is 0.350 e. The van der Waals surface area contributed by atoms with Gasteiger partial charge in [-0.1, -0.05) is 24.3 Å². The number of carbonyl (C=O) groups excluding carboxylic acids is 1. The van der Waals surface area contributed by atoms with Crippen molar-refractivity contribution in [2.24, 2.45) is 13.0 Å². The fraction of sp³-hybridized carbons (Fsp3) is 0.286. The van der Waals surface area contributed by atoms with Crippen molar-refractivity contribution in [2.45, 2.75) is 25.4 Å². The van der Waals surface area contributed by atoms with E-state index in [0.717, 1.165) is 31.7 Å². The number of para-hydroxylation sites is 1. The standard InChI is InChI=1S/C28H28FN5O2/c1-32-15-20(23-7-2-3-8-26(23)32)17-33-13-18-11-19(16-33)25-10-9-24(27(35)34(25)14-18)31-28(36)30-22-6-4-5-21(29)12-22/h2-10,12,15,18-19H,11,13-14,16-17H2,1H3,(H2,30,31,36)/p+1/t18-,19+/m0/s1. The molecule has 2 aliphatic heterocycles. The van der Waals surface area contributed by atoms with Gasteiger partial charge in [0.25, 0.3) is 5.56 Å². The average Bonchev–Trinajstić information content (AvgIpc) is 3.16. The number of fused-ring (bicyclic) bond motifs is 5. The fourth-order valence-corrected chi connectivity index (χ4v) is 6.10. The molecule has 0 spiro atoms. The molecule has 4 aromatic rings. The van der Waals surface area contributed by atoms with Gasteiger partial charge in [0.1, 0.15) is 18.0 Å². The van der Waals surface area contributed by atoms with Crippen LogP contribution in [0.15, 0.2) is 71.7 Å². The van der Waals surface area contributed by atoms with Gasteiger partial charge < -0.3 is 24.7 Å². The van der Waals surface area contributed by atoms with Gasteiger partial charge in [-0.05, 0) is 42.8 Å². The van der Waals surface area contributed by atoms with E-state index in [2.05, 4.69) is 52.7 Å². The lowest BCUT2D eigenvalue weighted by Crippen LogP contribution is -3.13. The van der Waals surface area contributed by atoms with E-state index in [-0.39, 0.29) is 11.2 Å². The molecule has 0 saturated carbocycles. The SMILES string of the molecule is Cn1cc(C[NH+]2C[C@@H]3C[C@H](C2)c2ccc(NC(=O)Nc4cccc(F)c4)c(=O)n2C3)c2ccccc21. The normalized spacial score (nSPS) is 20.7. The van der Waals surface area contributed by atoms with Crippen molar-refractivity contribution in [2.75, 3.05) is 23.7 Å². The van der Waals surface area contributed by atoms with E-state index in [4.69, 9.17) is 0 Å². The first-order valence-electron chi connectivity index (χ1n) is 12.4. The average molecular weight is 487 g/mol. The van der Waals surface area contributed by atoms with Crippen molar-refractivity contribution in [3.8, 4) is 0 Å². The van der Waals surface area contributed by atoms with Crippen LogP contribution in [0.25, 0.3) is 10.9 Å². The number of likely N-dealkylation sites (tertiary alicyclic amines) is 1. The number of rotatable bonds is 4. The molecule has 2 aliphatic rings. The monoisotopic (exact) mass is 486 g/mol. The summed E-state index contributed by atoms with van der Waals surface area (Å²) in [5.74, 6) is 0.283. The number of quaternary nitrogens is 1. The molecule has 2 amide bonds. The number of benzene rings is 2. The minimum atomic E-state index is -0.569. The summed E-state index contributed by atoms with van der Waals surface area (Å²) in [6.07, 6.45) is 3.33. The number of piperidine rings is 1. The van der Waals surface area contributed by atoms with Crippen LogP contribution in [0.5, 0.6) is 0 Å². The maximum atomic E-state index is 13.4. The minimum absolute atomic E-state index is 0.186. The van der Waals surface area contributed by atoms with E-state index in [1.54, 1.807) is 17.0 Å². The van der Waals surface area contributed by atoms with Gasteiger partial charge in [0.15, 0.2) is 0 Å². The molecule has 0 radical (unpaired) electrons. The number of nitrogens with zero attached hydrogens (tertiary/aromatic N) is 2. The molecule has 8 heteroatoms. The molecule has 1 saturated heterocycles. The molecule has 6 rings (SSSR count). The number of pyridine rings is 1. The van der Waals surface area contributed by atoms with E-state index >= 15 is 0 Å². The van der Waals surface area contributed by atoms with Crippen LogP contribution in [0.2, 0.25) is 0 Å². The highest BCUT2D eigenvalue weighted by Gasteiger charge is 2.37. The van der Waals surface area contributed by atoms with E-state index < -0.39 is 11.8 Å². The highest BCUT2D eigenvalue weighted by Crippen LogP contribution is 2.31. The lowest BCUT2D eigenvalue weighted by atomic mass is 9.83. The van der Waals surface area contributed by atoms with Crippen LogP contribution in [-0.2, 0) is 20.1 Å². The quantitative estimate of drug-likeness (QED) is 0.414. The van der Waals surface area contributed by atoms with Crippen molar-refractivity contribution >= 4 is 28.3 Å². The summed E-state index contributed by atoms with van der Waals surface area (Å²) in [5, 5.41) is 6.53. The summed E-state index contributed by atoms with van der Waals surface area (Å²) in [4.78, 5) is 27.2. The Kier molecular flexibility index (Phi) is 5.60. The molecule has 7 nitrogen and oxygen atoms in total. The fourth-order valence-electron chi connectivity index (χ4n) is 6.10. The van der Waals surface area contributed by atoms with Gasteiger partial charge in [-0.15, -0.1) is 0 Å². The highest BCUT2D eigenvalue weighted by molar-refractivity contribution is 5.99.